The molecule has 98 valence electrons. The maximum absolute atomic E-state index is 11.4. The van der Waals surface area contributed by atoms with E-state index in [-0.39, 0.29) is 30.5 Å². The molecule has 2 unspecified atom stereocenters. The Kier molecular flexibility index (Phi) is 5.41. The third-order valence-corrected chi connectivity index (χ3v) is 3.02. The van der Waals surface area contributed by atoms with Crippen molar-refractivity contribution in [3.05, 3.63) is 0 Å². The third-order valence-electron chi connectivity index (χ3n) is 3.02. The fraction of sp³-hybridized carbons (Fsp3) is 0.833. The molecule has 0 aromatic rings. The summed E-state index contributed by atoms with van der Waals surface area (Å²) in [7, 11) is 0. The summed E-state index contributed by atoms with van der Waals surface area (Å²) in [6.45, 7) is 4.10. The summed E-state index contributed by atoms with van der Waals surface area (Å²) in [4.78, 5) is 22.3. The van der Waals surface area contributed by atoms with Gasteiger partial charge in [-0.3, -0.25) is 9.59 Å². The average Bonchev–Trinajstić information content (AvgIpc) is 2.26. The van der Waals surface area contributed by atoms with E-state index in [1.54, 1.807) is 0 Å². The number of carbonyl (C=O) groups excluding carboxylic acids is 1. The van der Waals surface area contributed by atoms with E-state index in [2.05, 4.69) is 10.6 Å². The molecule has 2 atom stereocenters. The summed E-state index contributed by atoms with van der Waals surface area (Å²) in [5.41, 5.74) is 0. The van der Waals surface area contributed by atoms with Crippen LogP contribution in [0.2, 0.25) is 0 Å². The lowest BCUT2D eigenvalue weighted by Gasteiger charge is -2.27. The Hall–Kier alpha value is -1.10. The van der Waals surface area contributed by atoms with E-state index in [0.29, 0.717) is 6.42 Å². The Morgan fingerprint density at radius 3 is 2.65 bits per heavy atom. The molecular formula is C12H22N2O3. The molecule has 5 nitrogen and oxygen atoms in total. The van der Waals surface area contributed by atoms with Gasteiger partial charge in [0.05, 0.1) is 12.5 Å². The molecule has 1 saturated carbocycles. The van der Waals surface area contributed by atoms with Crippen molar-refractivity contribution in [3.8, 4) is 0 Å². The summed E-state index contributed by atoms with van der Waals surface area (Å²) >= 11 is 0. The fourth-order valence-electron chi connectivity index (χ4n) is 2.21. The molecule has 1 aliphatic carbocycles. The van der Waals surface area contributed by atoms with Crippen molar-refractivity contribution in [3.63, 3.8) is 0 Å². The molecule has 0 aliphatic heterocycles. The molecule has 0 heterocycles. The lowest BCUT2D eigenvalue weighted by atomic mass is 9.86. The number of carbonyl (C=O) groups is 2. The fourth-order valence-corrected chi connectivity index (χ4v) is 2.21. The molecule has 0 aromatic heterocycles. The third kappa shape index (κ3) is 5.17. The highest BCUT2D eigenvalue weighted by Crippen LogP contribution is 2.24. The summed E-state index contributed by atoms with van der Waals surface area (Å²) in [5, 5.41) is 14.9. The van der Waals surface area contributed by atoms with Crippen LogP contribution in [0, 0.1) is 5.92 Å². The van der Waals surface area contributed by atoms with Gasteiger partial charge in [-0.1, -0.05) is 6.42 Å². The Morgan fingerprint density at radius 1 is 1.35 bits per heavy atom. The lowest BCUT2D eigenvalue weighted by Crippen LogP contribution is -2.43. The first-order chi connectivity index (χ1) is 7.99. The van der Waals surface area contributed by atoms with Crippen molar-refractivity contribution >= 4 is 11.9 Å². The Bertz CT molecular complexity index is 279. The minimum Gasteiger partial charge on any atom is -0.481 e. The topological polar surface area (TPSA) is 78.4 Å². The van der Waals surface area contributed by atoms with Crippen molar-refractivity contribution < 1.29 is 14.7 Å². The zero-order chi connectivity index (χ0) is 12.8. The van der Waals surface area contributed by atoms with Gasteiger partial charge >= 0.3 is 5.97 Å². The first-order valence-corrected chi connectivity index (χ1v) is 6.24. The average molecular weight is 242 g/mol. The van der Waals surface area contributed by atoms with Crippen LogP contribution in [0.25, 0.3) is 0 Å². The van der Waals surface area contributed by atoms with Crippen LogP contribution >= 0.6 is 0 Å². The molecule has 1 fully saturated rings. The smallest absolute Gasteiger partial charge is 0.306 e. The molecule has 0 spiro atoms. The number of amides is 1. The molecule has 0 radical (unpaired) electrons. The van der Waals surface area contributed by atoms with E-state index in [1.165, 1.54) is 0 Å². The van der Waals surface area contributed by atoms with Crippen molar-refractivity contribution in [2.75, 3.05) is 6.54 Å². The maximum atomic E-state index is 11.4. The predicted molar refractivity (Wildman–Crippen MR) is 64.7 cm³/mol. The molecule has 1 aliphatic rings. The standard InChI is InChI=1S/C12H22N2O3/c1-8(2)14-11(15)7-13-10-5-3-4-9(6-10)12(16)17/h8-10,13H,3-7H2,1-2H3,(H,14,15)(H,16,17). The Labute approximate surface area is 102 Å². The van der Waals surface area contributed by atoms with Gasteiger partial charge in [-0.15, -0.1) is 0 Å². The Balaban J connectivity index is 2.27. The first-order valence-electron chi connectivity index (χ1n) is 6.24. The van der Waals surface area contributed by atoms with E-state index < -0.39 is 5.97 Å². The van der Waals surface area contributed by atoms with Crippen LogP contribution in [0.1, 0.15) is 39.5 Å². The van der Waals surface area contributed by atoms with Crippen molar-refractivity contribution in [2.24, 2.45) is 5.92 Å². The second-order valence-corrected chi connectivity index (χ2v) is 5.00. The molecule has 0 aromatic carbocycles. The van der Waals surface area contributed by atoms with Crippen LogP contribution in [0.4, 0.5) is 0 Å². The van der Waals surface area contributed by atoms with Gasteiger partial charge < -0.3 is 15.7 Å². The quantitative estimate of drug-likeness (QED) is 0.664. The summed E-state index contributed by atoms with van der Waals surface area (Å²) < 4.78 is 0. The number of carboxylic acid groups (broad SMARTS) is 1. The van der Waals surface area contributed by atoms with Crippen molar-refractivity contribution in [1.82, 2.24) is 10.6 Å². The number of aliphatic carboxylic acids is 1. The van der Waals surface area contributed by atoms with E-state index in [1.807, 2.05) is 13.8 Å². The number of hydrogen-bond donors (Lipinski definition) is 3. The first kappa shape index (κ1) is 14.0. The van der Waals surface area contributed by atoms with Gasteiger partial charge in [0, 0.05) is 12.1 Å². The summed E-state index contributed by atoms with van der Waals surface area (Å²) in [5.74, 6) is -1.00. The van der Waals surface area contributed by atoms with Crippen LogP contribution < -0.4 is 10.6 Å². The number of nitrogens with one attached hydrogen (secondary N) is 2. The SMILES string of the molecule is CC(C)NC(=O)CNC1CCCC(C(=O)O)C1. The van der Waals surface area contributed by atoms with Crippen LogP contribution in [0.5, 0.6) is 0 Å². The van der Waals surface area contributed by atoms with E-state index >= 15 is 0 Å². The Morgan fingerprint density at radius 2 is 2.06 bits per heavy atom. The van der Waals surface area contributed by atoms with Gasteiger partial charge in [0.1, 0.15) is 0 Å². The molecule has 0 bridgehead atoms. The van der Waals surface area contributed by atoms with Gasteiger partial charge in [-0.25, -0.2) is 0 Å². The van der Waals surface area contributed by atoms with Gasteiger partial charge in [-0.05, 0) is 33.1 Å². The van der Waals surface area contributed by atoms with Crippen LogP contribution in [-0.4, -0.2) is 35.6 Å². The normalized spacial score (nSPS) is 24.6. The van der Waals surface area contributed by atoms with Gasteiger partial charge in [0.25, 0.3) is 0 Å². The predicted octanol–water partition coefficient (Wildman–Crippen LogP) is 0.744. The minimum atomic E-state index is -0.719. The largest absolute Gasteiger partial charge is 0.481 e. The second kappa shape index (κ2) is 6.59. The highest BCUT2D eigenvalue weighted by atomic mass is 16.4. The number of rotatable bonds is 5. The summed E-state index contributed by atoms with van der Waals surface area (Å²) in [6.07, 6.45) is 3.26. The molecular weight excluding hydrogens is 220 g/mol. The molecule has 17 heavy (non-hydrogen) atoms. The highest BCUT2D eigenvalue weighted by molar-refractivity contribution is 5.78. The number of hydrogen-bond acceptors (Lipinski definition) is 3. The molecule has 5 heteroatoms. The van der Waals surface area contributed by atoms with Gasteiger partial charge in [0.15, 0.2) is 0 Å². The van der Waals surface area contributed by atoms with E-state index in [4.69, 9.17) is 5.11 Å². The van der Waals surface area contributed by atoms with Crippen molar-refractivity contribution in [2.45, 2.75) is 51.6 Å². The zero-order valence-electron chi connectivity index (χ0n) is 10.5. The van der Waals surface area contributed by atoms with Gasteiger partial charge in [-0.2, -0.15) is 0 Å². The monoisotopic (exact) mass is 242 g/mol. The molecule has 1 rings (SSSR count). The lowest BCUT2D eigenvalue weighted by molar-refractivity contribution is -0.143. The van der Waals surface area contributed by atoms with E-state index in [0.717, 1.165) is 19.3 Å². The van der Waals surface area contributed by atoms with Crippen LogP contribution in [-0.2, 0) is 9.59 Å². The molecule has 3 N–H and O–H groups in total. The second-order valence-electron chi connectivity index (χ2n) is 5.00. The highest BCUT2D eigenvalue weighted by Gasteiger charge is 2.26. The zero-order valence-corrected chi connectivity index (χ0v) is 10.5. The van der Waals surface area contributed by atoms with Crippen molar-refractivity contribution in [1.29, 1.82) is 0 Å². The maximum Gasteiger partial charge on any atom is 0.306 e. The van der Waals surface area contributed by atoms with Crippen LogP contribution in [0.15, 0.2) is 0 Å². The molecule has 1 amide bonds. The van der Waals surface area contributed by atoms with Crippen LogP contribution in [0.3, 0.4) is 0 Å². The number of carboxylic acids is 1. The van der Waals surface area contributed by atoms with E-state index in [9.17, 15) is 9.59 Å². The summed E-state index contributed by atoms with van der Waals surface area (Å²) in [6, 6.07) is 0.296. The van der Waals surface area contributed by atoms with Gasteiger partial charge in [0.2, 0.25) is 5.91 Å². The minimum absolute atomic E-state index is 0.0301. The molecule has 0 saturated heterocycles.